The van der Waals surface area contributed by atoms with Crippen LogP contribution in [0.2, 0.25) is 0 Å². The minimum Gasteiger partial charge on any atom is -0.481 e. The molecule has 92 valence electrons. The summed E-state index contributed by atoms with van der Waals surface area (Å²) in [5.41, 5.74) is 0. The van der Waals surface area contributed by atoms with E-state index in [1.807, 2.05) is 0 Å². The molecule has 0 aromatic carbocycles. The first-order valence-corrected chi connectivity index (χ1v) is 5.27. The highest BCUT2D eigenvalue weighted by atomic mass is 16.4. The normalized spacial score (nSPS) is 26.8. The Labute approximate surface area is 93.5 Å². The lowest BCUT2D eigenvalue weighted by Gasteiger charge is -2.25. The predicted octanol–water partition coefficient (Wildman–Crippen LogP) is -0.949. The first kappa shape index (κ1) is 12.9. The van der Waals surface area contributed by atoms with Crippen molar-refractivity contribution in [2.75, 3.05) is 13.2 Å². The lowest BCUT2D eigenvalue weighted by atomic mass is 10.1. The highest BCUT2D eigenvalue weighted by molar-refractivity contribution is 5.83. The third kappa shape index (κ3) is 2.93. The van der Waals surface area contributed by atoms with E-state index in [4.69, 9.17) is 10.2 Å². The molecule has 1 unspecified atom stereocenters. The van der Waals surface area contributed by atoms with Gasteiger partial charge in [0, 0.05) is 12.5 Å². The summed E-state index contributed by atoms with van der Waals surface area (Å²) in [5.74, 6) is -1.98. The number of hydrogen-bond donors (Lipinski definition) is 3. The van der Waals surface area contributed by atoms with Gasteiger partial charge >= 0.3 is 5.97 Å². The van der Waals surface area contributed by atoms with E-state index < -0.39 is 24.0 Å². The number of aliphatic hydroxyl groups excluding tert-OH is 2. The topological polar surface area (TPSA) is 98.1 Å². The second-order valence-electron chi connectivity index (χ2n) is 4.22. The summed E-state index contributed by atoms with van der Waals surface area (Å²) >= 11 is 0. The molecule has 1 rings (SSSR count). The van der Waals surface area contributed by atoms with Gasteiger partial charge in [0.25, 0.3) is 0 Å². The maximum absolute atomic E-state index is 11.8. The third-order valence-corrected chi connectivity index (χ3v) is 2.79. The summed E-state index contributed by atoms with van der Waals surface area (Å²) < 4.78 is 0. The van der Waals surface area contributed by atoms with Crippen LogP contribution in [0.5, 0.6) is 0 Å². The molecule has 3 N–H and O–H groups in total. The van der Waals surface area contributed by atoms with Gasteiger partial charge < -0.3 is 20.2 Å². The van der Waals surface area contributed by atoms with Crippen molar-refractivity contribution in [2.24, 2.45) is 5.92 Å². The molecule has 0 spiro atoms. The van der Waals surface area contributed by atoms with Gasteiger partial charge in [-0.15, -0.1) is 0 Å². The summed E-state index contributed by atoms with van der Waals surface area (Å²) in [6, 6.07) is -0.390. The molecule has 1 saturated heterocycles. The summed E-state index contributed by atoms with van der Waals surface area (Å²) in [6.45, 7) is 1.51. The van der Waals surface area contributed by atoms with Gasteiger partial charge in [-0.3, -0.25) is 9.59 Å². The van der Waals surface area contributed by atoms with Crippen LogP contribution in [0, 0.1) is 5.92 Å². The summed E-state index contributed by atoms with van der Waals surface area (Å²) in [4.78, 5) is 23.7. The van der Waals surface area contributed by atoms with Crippen molar-refractivity contribution in [3.8, 4) is 0 Å². The zero-order chi connectivity index (χ0) is 12.3. The molecule has 6 nitrogen and oxygen atoms in total. The molecular weight excluding hydrogens is 214 g/mol. The largest absolute Gasteiger partial charge is 0.481 e. The summed E-state index contributed by atoms with van der Waals surface area (Å²) in [5, 5.41) is 27.0. The quantitative estimate of drug-likeness (QED) is 0.579. The second-order valence-corrected chi connectivity index (χ2v) is 4.22. The average molecular weight is 231 g/mol. The first-order valence-electron chi connectivity index (χ1n) is 5.27. The van der Waals surface area contributed by atoms with Gasteiger partial charge in [-0.25, -0.2) is 0 Å². The number of amides is 1. The number of carbonyl (C=O) groups excluding carboxylic acids is 1. The number of carboxylic acids is 1. The van der Waals surface area contributed by atoms with Gasteiger partial charge in [0.15, 0.2) is 0 Å². The van der Waals surface area contributed by atoms with E-state index in [0.29, 0.717) is 6.42 Å². The van der Waals surface area contributed by atoms with Gasteiger partial charge in [-0.1, -0.05) is 6.92 Å². The monoisotopic (exact) mass is 231 g/mol. The first-order chi connectivity index (χ1) is 7.45. The van der Waals surface area contributed by atoms with Crippen molar-refractivity contribution in [3.05, 3.63) is 0 Å². The SMILES string of the molecule is CC(CC(=O)O)C(=O)N1C[C@H](O)C[C@H]1CO. The number of aliphatic carboxylic acids is 1. The Balaban J connectivity index is 2.62. The molecule has 1 aliphatic heterocycles. The number of carboxylic acid groups (broad SMARTS) is 1. The highest BCUT2D eigenvalue weighted by Crippen LogP contribution is 2.20. The molecule has 1 heterocycles. The molecule has 1 aliphatic rings. The van der Waals surface area contributed by atoms with Crippen molar-refractivity contribution in [1.29, 1.82) is 0 Å². The van der Waals surface area contributed by atoms with E-state index in [9.17, 15) is 14.7 Å². The van der Waals surface area contributed by atoms with Crippen LogP contribution in [0.15, 0.2) is 0 Å². The lowest BCUT2D eigenvalue weighted by Crippen LogP contribution is -2.41. The van der Waals surface area contributed by atoms with E-state index >= 15 is 0 Å². The summed E-state index contributed by atoms with van der Waals surface area (Å²) in [6.07, 6.45) is -0.510. The van der Waals surface area contributed by atoms with Crippen LogP contribution < -0.4 is 0 Å². The third-order valence-electron chi connectivity index (χ3n) is 2.79. The fourth-order valence-corrected chi connectivity index (χ4v) is 1.97. The number of hydrogen-bond acceptors (Lipinski definition) is 4. The van der Waals surface area contributed by atoms with Crippen LogP contribution in [-0.4, -0.2) is 57.4 Å². The molecule has 0 aromatic rings. The molecule has 6 heteroatoms. The minimum absolute atomic E-state index is 0.175. The van der Waals surface area contributed by atoms with Gasteiger partial charge in [0.05, 0.1) is 25.2 Å². The van der Waals surface area contributed by atoms with Crippen molar-refractivity contribution in [3.63, 3.8) is 0 Å². The minimum atomic E-state index is -1.03. The Bertz CT molecular complexity index is 280. The highest BCUT2D eigenvalue weighted by Gasteiger charge is 2.35. The van der Waals surface area contributed by atoms with Crippen molar-refractivity contribution in [1.82, 2.24) is 4.90 Å². The van der Waals surface area contributed by atoms with E-state index in [1.54, 1.807) is 0 Å². The van der Waals surface area contributed by atoms with Crippen molar-refractivity contribution < 1.29 is 24.9 Å². The molecular formula is C10H17NO5. The Morgan fingerprint density at radius 3 is 2.62 bits per heavy atom. The van der Waals surface area contributed by atoms with Crippen LogP contribution in [-0.2, 0) is 9.59 Å². The van der Waals surface area contributed by atoms with E-state index in [0.717, 1.165) is 0 Å². The van der Waals surface area contributed by atoms with E-state index in [-0.39, 0.29) is 25.5 Å². The second kappa shape index (κ2) is 5.27. The van der Waals surface area contributed by atoms with Crippen LogP contribution in [0.25, 0.3) is 0 Å². The Hall–Kier alpha value is -1.14. The molecule has 1 amide bonds. The van der Waals surface area contributed by atoms with E-state index in [2.05, 4.69) is 0 Å². The Morgan fingerprint density at radius 2 is 2.12 bits per heavy atom. The number of aliphatic hydroxyl groups is 2. The number of nitrogens with zero attached hydrogens (tertiary/aromatic N) is 1. The average Bonchev–Trinajstić information content (AvgIpc) is 2.57. The molecule has 3 atom stereocenters. The van der Waals surface area contributed by atoms with Gasteiger partial charge in [0.2, 0.25) is 5.91 Å². The van der Waals surface area contributed by atoms with Gasteiger partial charge in [0.1, 0.15) is 0 Å². The summed E-state index contributed by atoms with van der Waals surface area (Å²) in [7, 11) is 0. The van der Waals surface area contributed by atoms with Crippen LogP contribution >= 0.6 is 0 Å². The molecule has 1 fully saturated rings. The van der Waals surface area contributed by atoms with Gasteiger partial charge in [-0.05, 0) is 6.42 Å². The van der Waals surface area contributed by atoms with Crippen LogP contribution in [0.1, 0.15) is 19.8 Å². The molecule has 0 bridgehead atoms. The fourth-order valence-electron chi connectivity index (χ4n) is 1.97. The van der Waals surface area contributed by atoms with Crippen LogP contribution in [0.4, 0.5) is 0 Å². The molecule has 0 aromatic heterocycles. The molecule has 0 radical (unpaired) electrons. The zero-order valence-corrected chi connectivity index (χ0v) is 9.17. The molecule has 16 heavy (non-hydrogen) atoms. The number of rotatable bonds is 4. The Kier molecular flexibility index (Phi) is 4.26. The van der Waals surface area contributed by atoms with E-state index in [1.165, 1.54) is 11.8 Å². The van der Waals surface area contributed by atoms with Crippen molar-refractivity contribution in [2.45, 2.75) is 31.9 Å². The predicted molar refractivity (Wildman–Crippen MR) is 54.6 cm³/mol. The number of β-amino-alcohol motifs (C(OH)–C–C–N with tert-alkyl or cyclic N) is 1. The van der Waals surface area contributed by atoms with Crippen LogP contribution in [0.3, 0.4) is 0 Å². The fraction of sp³-hybridized carbons (Fsp3) is 0.800. The maximum Gasteiger partial charge on any atom is 0.304 e. The zero-order valence-electron chi connectivity index (χ0n) is 9.17. The number of likely N-dealkylation sites (tertiary alicyclic amines) is 1. The molecule has 0 saturated carbocycles. The Morgan fingerprint density at radius 1 is 1.50 bits per heavy atom. The lowest BCUT2D eigenvalue weighted by molar-refractivity contribution is -0.144. The van der Waals surface area contributed by atoms with Gasteiger partial charge in [-0.2, -0.15) is 0 Å². The maximum atomic E-state index is 11.8. The molecule has 0 aliphatic carbocycles. The smallest absolute Gasteiger partial charge is 0.304 e. The number of carbonyl (C=O) groups is 2. The van der Waals surface area contributed by atoms with Crippen molar-refractivity contribution >= 4 is 11.9 Å². The standard InChI is InChI=1S/C10H17NO5/c1-6(2-9(14)15)10(16)11-4-8(13)3-7(11)5-12/h6-8,12-13H,2-5H2,1H3,(H,14,15)/t6?,7-,8+/m0/s1.